The van der Waals surface area contributed by atoms with Gasteiger partial charge in [0.15, 0.2) is 0 Å². The summed E-state index contributed by atoms with van der Waals surface area (Å²) in [5.74, 6) is 1.34. The Morgan fingerprint density at radius 3 is 2.55 bits per heavy atom. The first kappa shape index (κ1) is 23.9. The van der Waals surface area contributed by atoms with Crippen LogP contribution in [0.3, 0.4) is 0 Å². The summed E-state index contributed by atoms with van der Waals surface area (Å²) in [6.07, 6.45) is 1.54. The van der Waals surface area contributed by atoms with Gasteiger partial charge in [-0.25, -0.2) is 9.97 Å². The Morgan fingerprint density at radius 2 is 1.88 bits per heavy atom. The van der Waals surface area contributed by atoms with E-state index in [1.807, 2.05) is 31.2 Å². The lowest BCUT2D eigenvalue weighted by Crippen LogP contribution is -2.53. The van der Waals surface area contributed by atoms with Crippen LogP contribution < -0.4 is 15.5 Å². The Balaban J connectivity index is 1.46. The Morgan fingerprint density at radius 1 is 1.18 bits per heavy atom. The van der Waals surface area contributed by atoms with Crippen molar-refractivity contribution < 1.29 is 9.90 Å². The van der Waals surface area contributed by atoms with Gasteiger partial charge in [-0.1, -0.05) is 44.5 Å². The number of aromatic nitrogens is 2. The molecule has 1 saturated heterocycles. The molecule has 1 fully saturated rings. The van der Waals surface area contributed by atoms with Gasteiger partial charge < -0.3 is 20.6 Å². The van der Waals surface area contributed by atoms with Crippen molar-refractivity contribution in [2.45, 2.75) is 45.4 Å². The smallest absolute Gasteiger partial charge is 0.228 e. The molecule has 2 aromatic rings. The molecule has 1 aromatic heterocycles. The number of aliphatic hydroxyl groups is 1. The Hall–Kier alpha value is -2.26. The van der Waals surface area contributed by atoms with Crippen LogP contribution in [0.5, 0.6) is 0 Å². The predicted octanol–water partition coefficient (Wildman–Crippen LogP) is 2.48. The lowest BCUT2D eigenvalue weighted by atomic mass is 9.95. The number of amides is 1. The molecule has 9 heteroatoms. The predicted molar refractivity (Wildman–Crippen MR) is 131 cm³/mol. The fourth-order valence-corrected chi connectivity index (χ4v) is 4.66. The highest BCUT2D eigenvalue weighted by molar-refractivity contribution is 6.30. The minimum atomic E-state index is -0.613. The third-order valence-corrected chi connectivity index (χ3v) is 6.77. The standard InChI is InChI=1S/C24H33ClN6O2/c1-15(2)26-13-20(17-4-6-18(25)7-5-17)24(33)31-10-8-30(9-11-31)22-19-12-16(3)23(32)29-21(19)27-14-28-22/h4-7,14-16,20,24,26,33H,8-13H2,1-3H3,(H,27,28,29,32)/t16-,20+,24?/m0/s1. The van der Waals surface area contributed by atoms with Crippen LogP contribution in [0, 0.1) is 5.92 Å². The quantitative estimate of drug-likeness (QED) is 0.570. The second kappa shape index (κ2) is 10.3. The molecule has 3 atom stereocenters. The zero-order valence-electron chi connectivity index (χ0n) is 19.5. The fourth-order valence-electron chi connectivity index (χ4n) is 4.53. The summed E-state index contributed by atoms with van der Waals surface area (Å²) >= 11 is 6.09. The molecule has 178 valence electrons. The maximum absolute atomic E-state index is 12.0. The summed E-state index contributed by atoms with van der Waals surface area (Å²) in [6.45, 7) is 9.73. The summed E-state index contributed by atoms with van der Waals surface area (Å²) in [5.41, 5.74) is 2.07. The molecule has 3 heterocycles. The van der Waals surface area contributed by atoms with Gasteiger partial charge in [0.2, 0.25) is 5.91 Å². The average Bonchev–Trinajstić information content (AvgIpc) is 2.80. The number of fused-ring (bicyclic) bond motifs is 1. The summed E-state index contributed by atoms with van der Waals surface area (Å²) in [7, 11) is 0. The zero-order chi connectivity index (χ0) is 23.5. The lowest BCUT2D eigenvalue weighted by molar-refractivity contribution is -0.119. The van der Waals surface area contributed by atoms with E-state index >= 15 is 0 Å². The number of hydrogen-bond acceptors (Lipinski definition) is 7. The number of piperazine rings is 1. The molecule has 2 aliphatic rings. The third kappa shape index (κ3) is 5.46. The van der Waals surface area contributed by atoms with Gasteiger partial charge in [-0.15, -0.1) is 0 Å². The zero-order valence-corrected chi connectivity index (χ0v) is 20.2. The van der Waals surface area contributed by atoms with Crippen LogP contribution in [0.2, 0.25) is 5.02 Å². The molecule has 1 aromatic carbocycles. The van der Waals surface area contributed by atoms with E-state index in [0.29, 0.717) is 42.9 Å². The molecule has 1 unspecified atom stereocenters. The van der Waals surface area contributed by atoms with E-state index in [1.54, 1.807) is 0 Å². The molecule has 4 rings (SSSR count). The van der Waals surface area contributed by atoms with Crippen molar-refractivity contribution in [3.05, 3.63) is 46.7 Å². The molecule has 1 amide bonds. The van der Waals surface area contributed by atoms with Crippen molar-refractivity contribution >= 4 is 29.1 Å². The first-order valence-electron chi connectivity index (χ1n) is 11.6. The highest BCUT2D eigenvalue weighted by atomic mass is 35.5. The number of anilines is 2. The first-order valence-corrected chi connectivity index (χ1v) is 12.0. The van der Waals surface area contributed by atoms with Crippen LogP contribution in [0.1, 0.15) is 37.8 Å². The van der Waals surface area contributed by atoms with E-state index in [9.17, 15) is 9.90 Å². The summed E-state index contributed by atoms with van der Waals surface area (Å²) in [5, 5.41) is 18.4. The topological polar surface area (TPSA) is 93.6 Å². The Bertz CT molecular complexity index is 962. The van der Waals surface area contributed by atoms with Crippen LogP contribution in [-0.2, 0) is 11.2 Å². The summed E-state index contributed by atoms with van der Waals surface area (Å²) < 4.78 is 0. The second-order valence-corrected chi connectivity index (χ2v) is 9.71. The van der Waals surface area contributed by atoms with Crippen molar-refractivity contribution in [3.63, 3.8) is 0 Å². The minimum Gasteiger partial charge on any atom is -0.378 e. The first-order chi connectivity index (χ1) is 15.8. The van der Waals surface area contributed by atoms with Crippen molar-refractivity contribution in [1.29, 1.82) is 0 Å². The largest absolute Gasteiger partial charge is 0.378 e. The van der Waals surface area contributed by atoms with Crippen molar-refractivity contribution in [2.24, 2.45) is 5.92 Å². The number of halogens is 1. The number of nitrogens with one attached hydrogen (secondary N) is 2. The van der Waals surface area contributed by atoms with E-state index < -0.39 is 6.23 Å². The number of carbonyl (C=O) groups is 1. The SMILES string of the molecule is CC(C)NC[C@H](c1ccc(Cl)cc1)C(O)N1CCN(c2ncnc3c2C[C@H](C)C(=O)N3)CC1. The minimum absolute atomic E-state index is 0.00309. The normalized spacial score (nSPS) is 21.0. The highest BCUT2D eigenvalue weighted by Gasteiger charge is 2.32. The maximum atomic E-state index is 12.0. The van der Waals surface area contributed by atoms with Crippen molar-refractivity contribution in [2.75, 3.05) is 42.9 Å². The monoisotopic (exact) mass is 472 g/mol. The van der Waals surface area contributed by atoms with Crippen molar-refractivity contribution in [3.8, 4) is 0 Å². The van der Waals surface area contributed by atoms with E-state index in [2.05, 4.69) is 44.2 Å². The van der Waals surface area contributed by atoms with Crippen LogP contribution >= 0.6 is 11.6 Å². The lowest BCUT2D eigenvalue weighted by Gasteiger charge is -2.41. The van der Waals surface area contributed by atoms with Crippen LogP contribution in [0.25, 0.3) is 0 Å². The van der Waals surface area contributed by atoms with E-state index in [4.69, 9.17) is 11.6 Å². The molecule has 3 N–H and O–H groups in total. The molecular formula is C24H33ClN6O2. The van der Waals surface area contributed by atoms with Gasteiger partial charge in [0.1, 0.15) is 24.2 Å². The molecule has 8 nitrogen and oxygen atoms in total. The molecule has 0 bridgehead atoms. The van der Waals surface area contributed by atoms with Gasteiger partial charge >= 0.3 is 0 Å². The van der Waals surface area contributed by atoms with Crippen molar-refractivity contribution in [1.82, 2.24) is 20.2 Å². The molecule has 0 radical (unpaired) electrons. The second-order valence-electron chi connectivity index (χ2n) is 9.28. The van der Waals surface area contributed by atoms with E-state index in [-0.39, 0.29) is 17.7 Å². The van der Waals surface area contributed by atoms with Crippen LogP contribution in [0.4, 0.5) is 11.6 Å². The van der Waals surface area contributed by atoms with Crippen LogP contribution in [-0.4, -0.2) is 70.9 Å². The third-order valence-electron chi connectivity index (χ3n) is 6.51. The number of carbonyl (C=O) groups excluding carboxylic acids is 1. The van der Waals surface area contributed by atoms with Gasteiger partial charge in [-0.3, -0.25) is 9.69 Å². The number of nitrogens with zero attached hydrogens (tertiary/aromatic N) is 4. The fraction of sp³-hybridized carbons (Fsp3) is 0.542. The summed E-state index contributed by atoms with van der Waals surface area (Å²) in [6, 6.07) is 8.08. The average molecular weight is 473 g/mol. The number of benzene rings is 1. The van der Waals surface area contributed by atoms with Gasteiger partial charge in [-0.2, -0.15) is 0 Å². The molecule has 2 aliphatic heterocycles. The van der Waals surface area contributed by atoms with Gasteiger partial charge in [0.25, 0.3) is 0 Å². The number of rotatable bonds is 7. The maximum Gasteiger partial charge on any atom is 0.228 e. The van der Waals surface area contributed by atoms with E-state index in [0.717, 1.165) is 30.0 Å². The van der Waals surface area contributed by atoms with E-state index in [1.165, 1.54) is 6.33 Å². The molecular weight excluding hydrogens is 440 g/mol. The number of hydrogen-bond donors (Lipinski definition) is 3. The van der Waals surface area contributed by atoms with Gasteiger partial charge in [0.05, 0.1) is 0 Å². The highest BCUT2D eigenvalue weighted by Crippen LogP contribution is 2.31. The van der Waals surface area contributed by atoms with Gasteiger partial charge in [-0.05, 0) is 24.1 Å². The Labute approximate surface area is 200 Å². The van der Waals surface area contributed by atoms with Crippen LogP contribution in [0.15, 0.2) is 30.6 Å². The van der Waals surface area contributed by atoms with Gasteiger partial charge in [0, 0.05) is 61.2 Å². The Kier molecular flexibility index (Phi) is 7.48. The molecule has 0 saturated carbocycles. The molecule has 0 aliphatic carbocycles. The number of aliphatic hydroxyl groups excluding tert-OH is 1. The summed E-state index contributed by atoms with van der Waals surface area (Å²) in [4.78, 5) is 25.2. The molecule has 0 spiro atoms. The molecule has 33 heavy (non-hydrogen) atoms.